The highest BCUT2D eigenvalue weighted by atomic mass is 15.6. The van der Waals surface area contributed by atoms with E-state index >= 15 is 0 Å². The normalized spacial score (nSPS) is 14.4. The molecule has 2 N–H and O–H groups in total. The lowest BCUT2D eigenvalue weighted by Crippen LogP contribution is -2.39. The van der Waals surface area contributed by atoms with Gasteiger partial charge in [0.15, 0.2) is 5.82 Å². The van der Waals surface area contributed by atoms with Crippen molar-refractivity contribution in [1.82, 2.24) is 20.2 Å². The summed E-state index contributed by atoms with van der Waals surface area (Å²) in [5, 5.41) is 11.8. The zero-order chi connectivity index (χ0) is 10.8. The molecule has 0 aliphatic rings. The summed E-state index contributed by atoms with van der Waals surface area (Å²) in [7, 11) is 1.76. The molecule has 1 heterocycles. The Kier molecular flexibility index (Phi) is 3.21. The molecule has 5 heteroatoms. The minimum atomic E-state index is 0.0803. The maximum absolute atomic E-state index is 6.09. The van der Waals surface area contributed by atoms with Crippen molar-refractivity contribution in [2.24, 2.45) is 18.2 Å². The van der Waals surface area contributed by atoms with Gasteiger partial charge in [0.25, 0.3) is 0 Å². The molecular weight excluding hydrogens is 178 g/mol. The quantitative estimate of drug-likeness (QED) is 0.763. The molecule has 80 valence electrons. The van der Waals surface area contributed by atoms with Crippen LogP contribution < -0.4 is 5.73 Å². The fourth-order valence-corrected chi connectivity index (χ4v) is 1.14. The first kappa shape index (κ1) is 11.1. The summed E-state index contributed by atoms with van der Waals surface area (Å²) < 4.78 is 0. The van der Waals surface area contributed by atoms with E-state index in [1.54, 1.807) is 7.05 Å². The van der Waals surface area contributed by atoms with Crippen LogP contribution in [0, 0.1) is 5.41 Å². The van der Waals surface area contributed by atoms with E-state index in [1.807, 2.05) is 0 Å². The van der Waals surface area contributed by atoms with Gasteiger partial charge in [-0.25, -0.2) is 0 Å². The maximum Gasteiger partial charge on any atom is 0.176 e. The van der Waals surface area contributed by atoms with Crippen LogP contribution in [0.1, 0.15) is 33.0 Å². The molecule has 1 rings (SSSR count). The van der Waals surface area contributed by atoms with Crippen LogP contribution in [0.25, 0.3) is 0 Å². The van der Waals surface area contributed by atoms with Gasteiger partial charge in [0.1, 0.15) is 0 Å². The molecule has 0 radical (unpaired) electrons. The molecule has 14 heavy (non-hydrogen) atoms. The summed E-state index contributed by atoms with van der Waals surface area (Å²) in [5.41, 5.74) is 6.21. The second-order valence-electron chi connectivity index (χ2n) is 4.35. The van der Waals surface area contributed by atoms with Crippen LogP contribution in [0.5, 0.6) is 0 Å². The average Bonchev–Trinajstić information content (AvgIpc) is 2.51. The number of nitrogens with zero attached hydrogens (tertiary/aromatic N) is 4. The number of aromatic nitrogens is 4. The van der Waals surface area contributed by atoms with Gasteiger partial charge in [0.05, 0.1) is 7.05 Å². The summed E-state index contributed by atoms with van der Waals surface area (Å²) in [6, 6.07) is 0.0803. The predicted molar refractivity (Wildman–Crippen MR) is 54.5 cm³/mol. The van der Waals surface area contributed by atoms with Gasteiger partial charge < -0.3 is 5.73 Å². The summed E-state index contributed by atoms with van der Waals surface area (Å²) >= 11 is 0. The fraction of sp³-hybridized carbons (Fsp3) is 0.889. The second-order valence-corrected chi connectivity index (χ2v) is 4.35. The Morgan fingerprint density at radius 3 is 2.57 bits per heavy atom. The molecule has 0 aromatic carbocycles. The Balaban J connectivity index is 2.61. The zero-order valence-electron chi connectivity index (χ0n) is 9.36. The number of hydrogen-bond acceptors (Lipinski definition) is 4. The van der Waals surface area contributed by atoms with E-state index in [1.165, 1.54) is 4.80 Å². The van der Waals surface area contributed by atoms with Crippen LogP contribution in [0.3, 0.4) is 0 Å². The van der Waals surface area contributed by atoms with Crippen molar-refractivity contribution in [1.29, 1.82) is 0 Å². The van der Waals surface area contributed by atoms with Crippen molar-refractivity contribution in [2.75, 3.05) is 0 Å². The van der Waals surface area contributed by atoms with Crippen LogP contribution >= 0.6 is 0 Å². The van der Waals surface area contributed by atoms with Crippen molar-refractivity contribution in [3.8, 4) is 0 Å². The summed E-state index contributed by atoms with van der Waals surface area (Å²) in [6.45, 7) is 6.46. The molecule has 0 bridgehead atoms. The monoisotopic (exact) mass is 197 g/mol. The maximum atomic E-state index is 6.09. The smallest absolute Gasteiger partial charge is 0.176 e. The van der Waals surface area contributed by atoms with Crippen LogP contribution in [-0.2, 0) is 13.5 Å². The van der Waals surface area contributed by atoms with E-state index in [-0.39, 0.29) is 11.5 Å². The molecule has 0 amide bonds. The number of tetrazole rings is 1. The molecule has 0 saturated heterocycles. The Hall–Kier alpha value is -0.970. The molecule has 0 aliphatic carbocycles. The summed E-state index contributed by atoms with van der Waals surface area (Å²) in [4.78, 5) is 1.46. The summed E-state index contributed by atoms with van der Waals surface area (Å²) in [5.74, 6) is 0.724. The van der Waals surface area contributed by atoms with E-state index in [0.717, 1.165) is 12.2 Å². The van der Waals surface area contributed by atoms with Crippen LogP contribution in [0.15, 0.2) is 0 Å². The Bertz CT molecular complexity index is 291. The molecule has 1 aromatic rings. The van der Waals surface area contributed by atoms with Crippen molar-refractivity contribution in [2.45, 2.75) is 39.7 Å². The lowest BCUT2D eigenvalue weighted by Gasteiger charge is -2.29. The second kappa shape index (κ2) is 4.04. The van der Waals surface area contributed by atoms with Gasteiger partial charge in [0.2, 0.25) is 0 Å². The van der Waals surface area contributed by atoms with E-state index in [4.69, 9.17) is 5.73 Å². The third-order valence-electron chi connectivity index (χ3n) is 2.87. The third kappa shape index (κ3) is 2.51. The lowest BCUT2D eigenvalue weighted by molar-refractivity contribution is 0.270. The van der Waals surface area contributed by atoms with E-state index < -0.39 is 0 Å². The predicted octanol–water partition coefficient (Wildman–Crippen LogP) is 0.516. The number of aryl methyl sites for hydroxylation is 1. The minimum absolute atomic E-state index is 0.0803. The highest BCUT2D eigenvalue weighted by Gasteiger charge is 2.25. The Morgan fingerprint density at radius 1 is 1.50 bits per heavy atom. The highest BCUT2D eigenvalue weighted by Crippen LogP contribution is 2.24. The SMILES string of the molecule is CCC(C)(C)C(N)Cc1nnn(C)n1. The van der Waals surface area contributed by atoms with Crippen molar-refractivity contribution < 1.29 is 0 Å². The van der Waals surface area contributed by atoms with Gasteiger partial charge in [-0.05, 0) is 17.0 Å². The van der Waals surface area contributed by atoms with Gasteiger partial charge in [-0.3, -0.25) is 0 Å². The van der Waals surface area contributed by atoms with Gasteiger partial charge in [-0.2, -0.15) is 4.80 Å². The molecule has 0 saturated carbocycles. The molecule has 0 aliphatic heterocycles. The first-order valence-corrected chi connectivity index (χ1v) is 4.94. The third-order valence-corrected chi connectivity index (χ3v) is 2.87. The fourth-order valence-electron chi connectivity index (χ4n) is 1.14. The molecule has 0 fully saturated rings. The van der Waals surface area contributed by atoms with Crippen molar-refractivity contribution in [3.63, 3.8) is 0 Å². The number of rotatable bonds is 4. The number of nitrogens with two attached hydrogens (primary N) is 1. The average molecular weight is 197 g/mol. The lowest BCUT2D eigenvalue weighted by atomic mass is 9.81. The first-order chi connectivity index (χ1) is 6.45. The largest absolute Gasteiger partial charge is 0.327 e. The minimum Gasteiger partial charge on any atom is -0.327 e. The van der Waals surface area contributed by atoms with Crippen LogP contribution in [0.2, 0.25) is 0 Å². The van der Waals surface area contributed by atoms with Crippen LogP contribution in [-0.4, -0.2) is 26.2 Å². The number of hydrogen-bond donors (Lipinski definition) is 1. The van der Waals surface area contributed by atoms with Gasteiger partial charge in [-0.1, -0.05) is 20.8 Å². The molecule has 1 aromatic heterocycles. The standard InChI is InChI=1S/C9H19N5/c1-5-9(2,3)7(10)6-8-11-13-14(4)12-8/h7H,5-6,10H2,1-4H3. The molecule has 1 unspecified atom stereocenters. The zero-order valence-corrected chi connectivity index (χ0v) is 9.36. The van der Waals surface area contributed by atoms with Gasteiger partial charge in [0, 0.05) is 12.5 Å². The summed E-state index contributed by atoms with van der Waals surface area (Å²) in [6.07, 6.45) is 1.74. The highest BCUT2D eigenvalue weighted by molar-refractivity contribution is 4.90. The molecule has 0 spiro atoms. The Morgan fingerprint density at radius 2 is 2.14 bits per heavy atom. The van der Waals surface area contributed by atoms with Gasteiger partial charge >= 0.3 is 0 Å². The van der Waals surface area contributed by atoms with Crippen molar-refractivity contribution in [3.05, 3.63) is 5.82 Å². The molecular formula is C9H19N5. The van der Waals surface area contributed by atoms with Crippen molar-refractivity contribution >= 4 is 0 Å². The molecule has 5 nitrogen and oxygen atoms in total. The van der Waals surface area contributed by atoms with E-state index in [2.05, 4.69) is 36.2 Å². The Labute approximate surface area is 84.7 Å². The topological polar surface area (TPSA) is 69.6 Å². The van der Waals surface area contributed by atoms with Crippen LogP contribution in [0.4, 0.5) is 0 Å². The molecule has 1 atom stereocenters. The van der Waals surface area contributed by atoms with E-state index in [9.17, 15) is 0 Å². The first-order valence-electron chi connectivity index (χ1n) is 4.94. The van der Waals surface area contributed by atoms with E-state index in [0.29, 0.717) is 6.42 Å². The van der Waals surface area contributed by atoms with Gasteiger partial charge in [-0.15, -0.1) is 10.2 Å².